The lowest BCUT2D eigenvalue weighted by molar-refractivity contribution is -0.157. The van der Waals surface area contributed by atoms with Crippen molar-refractivity contribution >= 4 is 14.3 Å². The molecule has 2 rings (SSSR count). The fourth-order valence-corrected chi connectivity index (χ4v) is 11.3. The molecule has 0 aromatic heterocycles. The minimum Gasteiger partial charge on any atom is -0.546 e. The maximum Gasteiger partial charge on any atom is 0.306 e. The second-order valence-corrected chi connectivity index (χ2v) is 17.7. The van der Waals surface area contributed by atoms with Gasteiger partial charge in [-0.1, -0.05) is 78.0 Å². The molecule has 36 heavy (non-hydrogen) atoms. The molecule has 4 nitrogen and oxygen atoms in total. The molecule has 0 heterocycles. The van der Waals surface area contributed by atoms with Crippen molar-refractivity contribution in [2.45, 2.75) is 110 Å². The van der Waals surface area contributed by atoms with Crippen molar-refractivity contribution in [3.8, 4) is 0 Å². The smallest absolute Gasteiger partial charge is 0.306 e. The van der Waals surface area contributed by atoms with Crippen LogP contribution in [0.25, 0.3) is 0 Å². The average molecular weight is 515 g/mol. The maximum absolute atomic E-state index is 12.9. The average Bonchev–Trinajstić information content (AvgIpc) is 2.77. The fraction of sp³-hybridized carbons (Fsp3) is 0.645. The molecule has 0 N–H and O–H groups in total. The van der Waals surface area contributed by atoms with Gasteiger partial charge in [0.05, 0.1) is 19.0 Å². The summed E-state index contributed by atoms with van der Waals surface area (Å²) in [4.78, 5) is 12.9. The van der Waals surface area contributed by atoms with E-state index < -0.39 is 19.3 Å². The zero-order chi connectivity index (χ0) is 27.1. The number of rotatable bonds is 12. The molecule has 1 aliphatic carbocycles. The van der Waals surface area contributed by atoms with Gasteiger partial charge in [0.25, 0.3) is 8.32 Å². The van der Waals surface area contributed by atoms with Gasteiger partial charge in [-0.05, 0) is 61.4 Å². The van der Waals surface area contributed by atoms with E-state index in [1.165, 1.54) is 0 Å². The van der Waals surface area contributed by atoms with E-state index in [1.54, 1.807) is 0 Å². The van der Waals surface area contributed by atoms with E-state index >= 15 is 0 Å². The van der Waals surface area contributed by atoms with E-state index in [0.29, 0.717) is 36.3 Å². The molecule has 5 heteroatoms. The molecule has 0 aliphatic heterocycles. The summed E-state index contributed by atoms with van der Waals surface area (Å²) >= 11 is 0. The van der Waals surface area contributed by atoms with Gasteiger partial charge in [-0.2, -0.15) is 0 Å². The van der Waals surface area contributed by atoms with Crippen molar-refractivity contribution in [2.75, 3.05) is 6.61 Å². The van der Waals surface area contributed by atoms with Crippen LogP contribution >= 0.6 is 0 Å². The zero-order valence-corrected chi connectivity index (χ0v) is 25.2. The summed E-state index contributed by atoms with van der Waals surface area (Å²) in [6.07, 6.45) is 6.20. The molecule has 0 saturated heterocycles. The first kappa shape index (κ1) is 30.4. The van der Waals surface area contributed by atoms with Crippen LogP contribution in [-0.4, -0.2) is 26.5 Å². The Morgan fingerprint density at radius 1 is 1.08 bits per heavy atom. The zero-order valence-electron chi connectivity index (χ0n) is 24.2. The highest BCUT2D eigenvalue weighted by Crippen LogP contribution is 2.48. The molecule has 202 valence electrons. The van der Waals surface area contributed by atoms with Crippen molar-refractivity contribution in [1.29, 1.82) is 0 Å². The fourth-order valence-electron chi connectivity index (χ4n) is 5.98. The van der Waals surface area contributed by atoms with E-state index in [0.717, 1.165) is 24.2 Å². The lowest BCUT2D eigenvalue weighted by atomic mass is 9.68. The van der Waals surface area contributed by atoms with Crippen LogP contribution in [0.1, 0.15) is 87.1 Å². The van der Waals surface area contributed by atoms with Crippen molar-refractivity contribution in [3.63, 3.8) is 0 Å². The Balaban J connectivity index is 2.38. The van der Waals surface area contributed by atoms with E-state index in [1.807, 2.05) is 45.0 Å². The summed E-state index contributed by atoms with van der Waals surface area (Å²) in [6, 6.07) is 10.2. The summed E-state index contributed by atoms with van der Waals surface area (Å²) in [5.41, 5.74) is 1.60. The monoisotopic (exact) mass is 514 g/mol. The topological polar surface area (TPSA) is 44.8 Å². The Kier molecular flexibility index (Phi) is 10.6. The first-order valence-corrected chi connectivity index (χ1v) is 15.8. The van der Waals surface area contributed by atoms with Crippen LogP contribution in [0.15, 0.2) is 54.8 Å². The second kappa shape index (κ2) is 12.6. The van der Waals surface area contributed by atoms with Crippen LogP contribution in [0.5, 0.6) is 0 Å². The number of hydrogen-bond acceptors (Lipinski definition) is 4. The summed E-state index contributed by atoms with van der Waals surface area (Å²) in [5.74, 6) is 0.914. The van der Waals surface area contributed by atoms with Crippen molar-refractivity contribution in [2.24, 2.45) is 11.3 Å². The molecule has 2 atom stereocenters. The molecule has 0 fully saturated rings. The number of allylic oxidation sites excluding steroid dienone is 1. The number of carbonyl (C=O) groups excluding carboxylic acids is 1. The highest BCUT2D eigenvalue weighted by Gasteiger charge is 2.49. The molecule has 1 aliphatic rings. The van der Waals surface area contributed by atoms with Gasteiger partial charge < -0.3 is 13.9 Å². The van der Waals surface area contributed by atoms with Gasteiger partial charge in [0.15, 0.2) is 0 Å². The van der Waals surface area contributed by atoms with Gasteiger partial charge in [0.1, 0.15) is 5.60 Å². The molecule has 1 aromatic rings. The highest BCUT2D eigenvalue weighted by molar-refractivity contribution is 6.77. The molecule has 0 radical (unpaired) electrons. The van der Waals surface area contributed by atoms with Crippen LogP contribution < -0.4 is 0 Å². The van der Waals surface area contributed by atoms with E-state index in [2.05, 4.69) is 66.3 Å². The Morgan fingerprint density at radius 2 is 1.67 bits per heavy atom. The highest BCUT2D eigenvalue weighted by atomic mass is 28.4. The predicted molar refractivity (Wildman–Crippen MR) is 152 cm³/mol. The van der Waals surface area contributed by atoms with Crippen LogP contribution in [-0.2, 0) is 25.3 Å². The Hall–Kier alpha value is -1.85. The molecule has 0 bridgehead atoms. The number of hydrogen-bond donors (Lipinski definition) is 0. The normalized spacial score (nSPS) is 21.0. The van der Waals surface area contributed by atoms with E-state index in [4.69, 9.17) is 13.9 Å². The standard InChI is InChI=1S/C31H50O4Si/c1-11-31(22-33-21-26-15-13-12-14-16-26)20-28(35-36(23(2)3,24(4)5)25(6)7)18-17-27(31)19-29(32)34-30(8,9)10/h11-16,20,23-25,27H,1,17-19,21-22H2,2-10H3/t27-,31+/m0/s1. The molecular weight excluding hydrogens is 464 g/mol. The first-order valence-electron chi connectivity index (χ1n) is 13.6. The Bertz CT molecular complexity index is 860. The first-order chi connectivity index (χ1) is 16.8. The quantitative estimate of drug-likeness (QED) is 0.159. The van der Waals surface area contributed by atoms with Crippen LogP contribution in [0.3, 0.4) is 0 Å². The van der Waals surface area contributed by atoms with Gasteiger partial charge in [-0.3, -0.25) is 4.79 Å². The van der Waals surface area contributed by atoms with Crippen molar-refractivity contribution < 1.29 is 18.7 Å². The number of benzene rings is 1. The summed E-state index contributed by atoms with van der Waals surface area (Å²) < 4.78 is 19.1. The number of esters is 1. The summed E-state index contributed by atoms with van der Waals surface area (Å²) in [7, 11) is -2.09. The van der Waals surface area contributed by atoms with Gasteiger partial charge in [-0.25, -0.2) is 0 Å². The molecular formula is C31H50O4Si. The Labute approximate surface area is 221 Å². The van der Waals surface area contributed by atoms with Crippen molar-refractivity contribution in [3.05, 3.63) is 60.4 Å². The van der Waals surface area contributed by atoms with Crippen LogP contribution in [0.4, 0.5) is 0 Å². The minimum absolute atomic E-state index is 0.0428. The van der Waals surface area contributed by atoms with Gasteiger partial charge in [-0.15, -0.1) is 6.58 Å². The predicted octanol–water partition coefficient (Wildman–Crippen LogP) is 8.59. The van der Waals surface area contributed by atoms with Gasteiger partial charge in [0, 0.05) is 18.3 Å². The third-order valence-corrected chi connectivity index (χ3v) is 13.7. The third-order valence-electron chi connectivity index (χ3n) is 7.62. The Morgan fingerprint density at radius 3 is 2.17 bits per heavy atom. The molecule has 0 saturated carbocycles. The van der Waals surface area contributed by atoms with Crippen LogP contribution in [0, 0.1) is 11.3 Å². The van der Waals surface area contributed by atoms with E-state index in [9.17, 15) is 4.79 Å². The maximum atomic E-state index is 12.9. The second-order valence-electron chi connectivity index (χ2n) is 12.4. The summed E-state index contributed by atoms with van der Waals surface area (Å²) in [6.45, 7) is 24.8. The molecule has 0 unspecified atom stereocenters. The molecule has 1 aromatic carbocycles. The number of ether oxygens (including phenoxy) is 2. The third kappa shape index (κ3) is 7.58. The minimum atomic E-state index is -2.09. The number of carbonyl (C=O) groups is 1. The lowest BCUT2D eigenvalue weighted by Gasteiger charge is -2.46. The summed E-state index contributed by atoms with van der Waals surface area (Å²) in [5, 5.41) is 0. The van der Waals surface area contributed by atoms with Gasteiger partial charge >= 0.3 is 5.97 Å². The largest absolute Gasteiger partial charge is 0.546 e. The van der Waals surface area contributed by atoms with Gasteiger partial charge in [0.2, 0.25) is 0 Å². The van der Waals surface area contributed by atoms with Crippen molar-refractivity contribution in [1.82, 2.24) is 0 Å². The lowest BCUT2D eigenvalue weighted by Crippen LogP contribution is -2.48. The molecule has 0 amide bonds. The van der Waals surface area contributed by atoms with E-state index in [-0.39, 0.29) is 11.9 Å². The SMILES string of the molecule is C=C[C@]1(COCc2ccccc2)C=C(O[Si](C(C)C)(C(C)C)C(C)C)CC[C@H]1CC(=O)OC(C)(C)C. The van der Waals surface area contributed by atoms with Crippen LogP contribution in [0.2, 0.25) is 16.6 Å². The molecule has 0 spiro atoms.